The zero-order valence-corrected chi connectivity index (χ0v) is 10.9. The first-order valence-electron chi connectivity index (χ1n) is 6.30. The first-order valence-corrected chi connectivity index (χ1v) is 6.30. The number of carbonyl (C=O) groups is 1. The Labute approximate surface area is 120 Å². The van der Waals surface area contributed by atoms with Gasteiger partial charge in [-0.3, -0.25) is 19.9 Å². The minimum atomic E-state index is -0.512. The molecule has 1 heterocycles. The zero-order valence-electron chi connectivity index (χ0n) is 10.9. The smallest absolute Gasteiger partial charge is 0.270 e. The van der Waals surface area contributed by atoms with Crippen molar-refractivity contribution in [3.63, 3.8) is 0 Å². The van der Waals surface area contributed by atoms with Crippen molar-refractivity contribution in [1.82, 2.24) is 4.98 Å². The van der Waals surface area contributed by atoms with Gasteiger partial charge in [0.05, 0.1) is 10.4 Å². The van der Waals surface area contributed by atoms with Gasteiger partial charge in [0.2, 0.25) is 0 Å². The molecule has 102 valence electrons. The van der Waals surface area contributed by atoms with Crippen molar-refractivity contribution >= 4 is 22.4 Å². The molecule has 5 heteroatoms. The summed E-state index contributed by atoms with van der Waals surface area (Å²) in [4.78, 5) is 27.1. The van der Waals surface area contributed by atoms with E-state index in [4.69, 9.17) is 0 Å². The molecule has 0 bridgehead atoms. The minimum Gasteiger partial charge on any atom is -0.289 e. The standard InChI is InChI=1S/C16H10N2O3/c19-16(11-4-3-5-12(10-11)18(20)21)14-8-9-17-15-7-2-1-6-13(14)15/h1-10H. The van der Waals surface area contributed by atoms with Crippen molar-refractivity contribution in [3.8, 4) is 0 Å². The molecule has 0 unspecified atom stereocenters. The molecule has 0 amide bonds. The van der Waals surface area contributed by atoms with Crippen molar-refractivity contribution in [1.29, 1.82) is 0 Å². The van der Waals surface area contributed by atoms with Crippen LogP contribution in [0.2, 0.25) is 0 Å². The lowest BCUT2D eigenvalue weighted by molar-refractivity contribution is -0.384. The average Bonchev–Trinajstić information content (AvgIpc) is 2.53. The maximum Gasteiger partial charge on any atom is 0.270 e. The van der Waals surface area contributed by atoms with Gasteiger partial charge in [-0.25, -0.2) is 0 Å². The number of non-ortho nitro benzene ring substituents is 1. The largest absolute Gasteiger partial charge is 0.289 e. The van der Waals surface area contributed by atoms with E-state index in [1.807, 2.05) is 24.3 Å². The highest BCUT2D eigenvalue weighted by atomic mass is 16.6. The summed E-state index contributed by atoms with van der Waals surface area (Å²) in [6.45, 7) is 0. The van der Waals surface area contributed by atoms with E-state index >= 15 is 0 Å². The monoisotopic (exact) mass is 278 g/mol. The highest BCUT2D eigenvalue weighted by Gasteiger charge is 2.15. The highest BCUT2D eigenvalue weighted by molar-refractivity contribution is 6.16. The van der Waals surface area contributed by atoms with Crippen LogP contribution in [0.25, 0.3) is 10.9 Å². The molecule has 0 aliphatic rings. The molecule has 0 aliphatic carbocycles. The first kappa shape index (κ1) is 12.9. The molecular weight excluding hydrogens is 268 g/mol. The van der Waals surface area contributed by atoms with Gasteiger partial charge >= 0.3 is 0 Å². The Morgan fingerprint density at radius 3 is 2.67 bits per heavy atom. The van der Waals surface area contributed by atoms with Gasteiger partial charge in [0.15, 0.2) is 5.78 Å². The summed E-state index contributed by atoms with van der Waals surface area (Å²) in [5.41, 5.74) is 1.40. The average molecular weight is 278 g/mol. The third-order valence-corrected chi connectivity index (χ3v) is 3.21. The zero-order chi connectivity index (χ0) is 14.8. The van der Waals surface area contributed by atoms with Crippen LogP contribution in [0.4, 0.5) is 5.69 Å². The lowest BCUT2D eigenvalue weighted by Crippen LogP contribution is -2.03. The summed E-state index contributed by atoms with van der Waals surface area (Å²) in [6, 6.07) is 14.7. The van der Waals surface area contributed by atoms with Crippen molar-refractivity contribution in [2.24, 2.45) is 0 Å². The van der Waals surface area contributed by atoms with Crippen molar-refractivity contribution in [2.75, 3.05) is 0 Å². The van der Waals surface area contributed by atoms with E-state index in [0.29, 0.717) is 16.6 Å². The van der Waals surface area contributed by atoms with E-state index in [1.54, 1.807) is 18.3 Å². The fourth-order valence-electron chi connectivity index (χ4n) is 2.21. The van der Waals surface area contributed by atoms with Crippen LogP contribution in [0.5, 0.6) is 0 Å². The lowest BCUT2D eigenvalue weighted by atomic mass is 9.99. The van der Waals surface area contributed by atoms with Crippen LogP contribution in [-0.2, 0) is 0 Å². The van der Waals surface area contributed by atoms with E-state index in [1.165, 1.54) is 18.2 Å². The fraction of sp³-hybridized carbons (Fsp3) is 0. The van der Waals surface area contributed by atoms with Gasteiger partial charge in [0, 0.05) is 34.8 Å². The van der Waals surface area contributed by atoms with E-state index in [0.717, 1.165) is 5.39 Å². The van der Waals surface area contributed by atoms with E-state index in [2.05, 4.69) is 4.98 Å². The maximum absolute atomic E-state index is 12.6. The Balaban J connectivity index is 2.13. The molecule has 0 spiro atoms. The number of aromatic nitrogens is 1. The van der Waals surface area contributed by atoms with Crippen LogP contribution in [0.1, 0.15) is 15.9 Å². The number of ketones is 1. The maximum atomic E-state index is 12.6. The Kier molecular flexibility index (Phi) is 3.16. The molecule has 1 aromatic heterocycles. The molecular formula is C16H10N2O3. The van der Waals surface area contributed by atoms with Gasteiger partial charge in [-0.2, -0.15) is 0 Å². The third kappa shape index (κ3) is 2.36. The Hall–Kier alpha value is -3.08. The second-order valence-corrected chi connectivity index (χ2v) is 4.51. The van der Waals surface area contributed by atoms with E-state index < -0.39 is 4.92 Å². The topological polar surface area (TPSA) is 73.1 Å². The number of pyridine rings is 1. The lowest BCUT2D eigenvalue weighted by Gasteiger charge is -2.05. The van der Waals surface area contributed by atoms with Gasteiger partial charge in [0.1, 0.15) is 0 Å². The van der Waals surface area contributed by atoms with Crippen LogP contribution in [0.3, 0.4) is 0 Å². The number of hydrogen-bond acceptors (Lipinski definition) is 4. The number of nitro benzene ring substituents is 1. The summed E-state index contributed by atoms with van der Waals surface area (Å²) in [5, 5.41) is 11.5. The number of carbonyl (C=O) groups excluding carboxylic acids is 1. The third-order valence-electron chi connectivity index (χ3n) is 3.21. The number of para-hydroxylation sites is 1. The molecule has 0 fully saturated rings. The molecule has 0 atom stereocenters. The Bertz CT molecular complexity index is 854. The minimum absolute atomic E-state index is 0.0980. The molecule has 21 heavy (non-hydrogen) atoms. The van der Waals surface area contributed by atoms with Crippen molar-refractivity contribution in [2.45, 2.75) is 0 Å². The fourth-order valence-corrected chi connectivity index (χ4v) is 2.21. The molecule has 3 rings (SSSR count). The Morgan fingerprint density at radius 2 is 1.86 bits per heavy atom. The number of nitro groups is 1. The van der Waals surface area contributed by atoms with Crippen molar-refractivity contribution < 1.29 is 9.72 Å². The van der Waals surface area contributed by atoms with Gasteiger partial charge in [-0.15, -0.1) is 0 Å². The second kappa shape index (κ2) is 5.13. The molecule has 0 N–H and O–H groups in total. The number of hydrogen-bond donors (Lipinski definition) is 0. The molecule has 0 aliphatic heterocycles. The molecule has 5 nitrogen and oxygen atoms in total. The number of benzene rings is 2. The predicted molar refractivity (Wildman–Crippen MR) is 78.3 cm³/mol. The molecule has 0 saturated carbocycles. The van der Waals surface area contributed by atoms with Crippen LogP contribution < -0.4 is 0 Å². The van der Waals surface area contributed by atoms with Crippen LogP contribution in [0, 0.1) is 10.1 Å². The predicted octanol–water partition coefficient (Wildman–Crippen LogP) is 3.37. The van der Waals surface area contributed by atoms with Gasteiger partial charge in [0.25, 0.3) is 5.69 Å². The Morgan fingerprint density at radius 1 is 1.05 bits per heavy atom. The second-order valence-electron chi connectivity index (χ2n) is 4.51. The number of fused-ring (bicyclic) bond motifs is 1. The summed E-state index contributed by atoms with van der Waals surface area (Å²) in [6.07, 6.45) is 1.56. The van der Waals surface area contributed by atoms with Crippen LogP contribution >= 0.6 is 0 Å². The van der Waals surface area contributed by atoms with Crippen LogP contribution in [0.15, 0.2) is 60.8 Å². The molecule has 0 radical (unpaired) electrons. The molecule has 3 aromatic rings. The summed E-state index contributed by atoms with van der Waals surface area (Å²) in [5.74, 6) is -0.252. The summed E-state index contributed by atoms with van der Waals surface area (Å²) in [7, 11) is 0. The van der Waals surface area contributed by atoms with Gasteiger partial charge in [-0.05, 0) is 12.1 Å². The normalized spacial score (nSPS) is 10.5. The van der Waals surface area contributed by atoms with E-state index in [9.17, 15) is 14.9 Å². The summed E-state index contributed by atoms with van der Waals surface area (Å²) >= 11 is 0. The molecule has 2 aromatic carbocycles. The summed E-state index contributed by atoms with van der Waals surface area (Å²) < 4.78 is 0. The first-order chi connectivity index (χ1) is 10.2. The molecule has 0 saturated heterocycles. The van der Waals surface area contributed by atoms with Crippen molar-refractivity contribution in [3.05, 3.63) is 82.0 Å². The van der Waals surface area contributed by atoms with Crippen LogP contribution in [-0.4, -0.2) is 15.7 Å². The SMILES string of the molecule is O=C(c1cccc([N+](=O)[O-])c1)c1ccnc2ccccc12. The quantitative estimate of drug-likeness (QED) is 0.418. The van der Waals surface area contributed by atoms with Gasteiger partial charge in [-0.1, -0.05) is 30.3 Å². The number of nitrogens with zero attached hydrogens (tertiary/aromatic N) is 2. The van der Waals surface area contributed by atoms with Gasteiger partial charge < -0.3 is 0 Å². The highest BCUT2D eigenvalue weighted by Crippen LogP contribution is 2.21. The van der Waals surface area contributed by atoms with E-state index in [-0.39, 0.29) is 11.5 Å². The number of rotatable bonds is 3.